The predicted molar refractivity (Wildman–Crippen MR) is 138 cm³/mol. The molecule has 4 aromatic rings. The van der Waals surface area contributed by atoms with Crippen LogP contribution in [0, 0.1) is 6.92 Å². The molecule has 0 saturated carbocycles. The Labute approximate surface area is 206 Å². The van der Waals surface area contributed by atoms with Gasteiger partial charge in [0, 0.05) is 29.7 Å². The number of hydrogen-bond acceptors (Lipinski definition) is 6. The maximum absolute atomic E-state index is 13.8. The molecule has 174 valence electrons. The molecule has 0 radical (unpaired) electrons. The summed E-state index contributed by atoms with van der Waals surface area (Å²) in [6.07, 6.45) is 6.65. The highest BCUT2D eigenvalue weighted by molar-refractivity contribution is 7.99. The molecule has 5 rings (SSSR count). The summed E-state index contributed by atoms with van der Waals surface area (Å²) >= 11 is 2.95. The number of carbonyl (C=O) groups is 1. The number of aryl methyl sites for hydroxylation is 3. The van der Waals surface area contributed by atoms with E-state index in [0.29, 0.717) is 18.1 Å². The largest absolute Gasteiger partial charge is 0.355 e. The van der Waals surface area contributed by atoms with E-state index < -0.39 is 0 Å². The molecule has 0 aliphatic heterocycles. The first-order chi connectivity index (χ1) is 16.6. The molecule has 1 aliphatic carbocycles. The molecule has 8 heteroatoms. The van der Waals surface area contributed by atoms with E-state index in [-0.39, 0.29) is 17.2 Å². The van der Waals surface area contributed by atoms with Crippen molar-refractivity contribution in [2.75, 3.05) is 12.3 Å². The van der Waals surface area contributed by atoms with Gasteiger partial charge in [-0.15, -0.1) is 11.3 Å². The van der Waals surface area contributed by atoms with Gasteiger partial charge in [-0.2, -0.15) is 0 Å². The molecule has 34 heavy (non-hydrogen) atoms. The second-order valence-corrected chi connectivity index (χ2v) is 10.4. The summed E-state index contributed by atoms with van der Waals surface area (Å²) in [7, 11) is 0. The second kappa shape index (κ2) is 10.1. The first-order valence-corrected chi connectivity index (χ1v) is 13.3. The summed E-state index contributed by atoms with van der Waals surface area (Å²) < 4.78 is 1.70. The molecule has 1 amide bonds. The van der Waals surface area contributed by atoms with Crippen LogP contribution in [0.25, 0.3) is 15.9 Å². The highest BCUT2D eigenvalue weighted by atomic mass is 32.2. The minimum absolute atomic E-state index is 0.0308. The van der Waals surface area contributed by atoms with Crippen LogP contribution >= 0.6 is 23.1 Å². The van der Waals surface area contributed by atoms with Crippen molar-refractivity contribution in [2.45, 2.75) is 44.2 Å². The standard InChI is InChI=1S/C26H26N4O2S2/c1-17-8-2-4-11-20(17)30-25(32)23-19-10-3-5-12-21(19)34-24(23)29-26(30)33-16-22(31)28-15-13-18-9-6-7-14-27-18/h2,4,6-9,11,14H,3,5,10,12-13,15-16H2,1H3,(H,28,31). The number of para-hydroxylation sites is 1. The smallest absolute Gasteiger partial charge is 0.267 e. The highest BCUT2D eigenvalue weighted by Crippen LogP contribution is 2.35. The lowest BCUT2D eigenvalue weighted by atomic mass is 9.97. The third-order valence-corrected chi connectivity index (χ3v) is 8.20. The quantitative estimate of drug-likeness (QED) is 0.305. The molecule has 3 heterocycles. The number of thiophene rings is 1. The average Bonchev–Trinajstić information content (AvgIpc) is 3.23. The topological polar surface area (TPSA) is 76.9 Å². The van der Waals surface area contributed by atoms with Gasteiger partial charge in [0.15, 0.2) is 5.16 Å². The fourth-order valence-corrected chi connectivity index (χ4v) is 6.51. The van der Waals surface area contributed by atoms with Crippen molar-refractivity contribution in [1.29, 1.82) is 0 Å². The van der Waals surface area contributed by atoms with E-state index in [2.05, 4.69) is 10.3 Å². The van der Waals surface area contributed by atoms with Crippen LogP contribution in [0.4, 0.5) is 0 Å². The van der Waals surface area contributed by atoms with Crippen molar-refractivity contribution < 1.29 is 4.79 Å². The summed E-state index contributed by atoms with van der Waals surface area (Å²) in [4.78, 5) is 37.7. The lowest BCUT2D eigenvalue weighted by molar-refractivity contribution is -0.118. The zero-order valence-electron chi connectivity index (χ0n) is 19.0. The number of nitrogens with zero attached hydrogens (tertiary/aromatic N) is 3. The van der Waals surface area contributed by atoms with Gasteiger partial charge in [0.25, 0.3) is 5.56 Å². The number of hydrogen-bond donors (Lipinski definition) is 1. The minimum Gasteiger partial charge on any atom is -0.355 e. The second-order valence-electron chi connectivity index (χ2n) is 8.42. The van der Waals surface area contributed by atoms with E-state index in [9.17, 15) is 9.59 Å². The van der Waals surface area contributed by atoms with Gasteiger partial charge >= 0.3 is 0 Å². The molecule has 6 nitrogen and oxygen atoms in total. The molecule has 0 atom stereocenters. The Morgan fingerprint density at radius 1 is 1.15 bits per heavy atom. The van der Waals surface area contributed by atoms with Gasteiger partial charge in [-0.3, -0.25) is 19.1 Å². The fourth-order valence-electron chi connectivity index (χ4n) is 4.37. The summed E-state index contributed by atoms with van der Waals surface area (Å²) in [5.41, 5.74) is 3.90. The SMILES string of the molecule is Cc1ccccc1-n1c(SCC(=O)NCCc2ccccn2)nc2sc3c(c2c1=O)CCCC3. The summed E-state index contributed by atoms with van der Waals surface area (Å²) in [5.74, 6) is 0.106. The normalized spacial score (nSPS) is 13.1. The van der Waals surface area contributed by atoms with Crippen molar-refractivity contribution in [3.8, 4) is 5.69 Å². The zero-order chi connectivity index (χ0) is 23.5. The molecule has 0 bridgehead atoms. The van der Waals surface area contributed by atoms with Crippen LogP contribution in [0.3, 0.4) is 0 Å². The van der Waals surface area contributed by atoms with E-state index in [1.165, 1.54) is 22.2 Å². The zero-order valence-corrected chi connectivity index (χ0v) is 20.7. The molecule has 0 unspecified atom stereocenters. The Balaban J connectivity index is 1.43. The fraction of sp³-hybridized carbons (Fsp3) is 0.308. The van der Waals surface area contributed by atoms with Crippen LogP contribution in [0.5, 0.6) is 0 Å². The number of fused-ring (bicyclic) bond motifs is 3. The van der Waals surface area contributed by atoms with E-state index in [4.69, 9.17) is 4.98 Å². The van der Waals surface area contributed by atoms with Crippen LogP contribution in [-0.4, -0.2) is 32.7 Å². The number of amides is 1. The van der Waals surface area contributed by atoms with Crippen molar-refractivity contribution in [3.05, 3.63) is 80.7 Å². The van der Waals surface area contributed by atoms with Crippen LogP contribution < -0.4 is 10.9 Å². The number of rotatable bonds is 7. The highest BCUT2D eigenvalue weighted by Gasteiger charge is 2.23. The molecule has 1 N–H and O–H groups in total. The maximum atomic E-state index is 13.8. The van der Waals surface area contributed by atoms with Crippen molar-refractivity contribution in [3.63, 3.8) is 0 Å². The van der Waals surface area contributed by atoms with Crippen LogP contribution in [0.1, 0.15) is 34.5 Å². The number of thioether (sulfide) groups is 1. The molecule has 0 fully saturated rings. The van der Waals surface area contributed by atoms with Crippen molar-refractivity contribution in [2.24, 2.45) is 0 Å². The molecular formula is C26H26N4O2S2. The summed E-state index contributed by atoms with van der Waals surface area (Å²) in [6, 6.07) is 13.6. The Kier molecular flexibility index (Phi) is 6.78. The number of aromatic nitrogens is 3. The van der Waals surface area contributed by atoms with Crippen LogP contribution in [-0.2, 0) is 24.1 Å². The van der Waals surface area contributed by atoms with Gasteiger partial charge in [0.1, 0.15) is 4.83 Å². The maximum Gasteiger partial charge on any atom is 0.267 e. The number of carbonyl (C=O) groups excluding carboxylic acids is 1. The number of pyridine rings is 1. The van der Waals surface area contributed by atoms with Gasteiger partial charge in [-0.25, -0.2) is 4.98 Å². The van der Waals surface area contributed by atoms with Crippen LogP contribution in [0.2, 0.25) is 0 Å². The third kappa shape index (κ3) is 4.65. The predicted octanol–water partition coefficient (Wildman–Crippen LogP) is 4.48. The monoisotopic (exact) mass is 490 g/mol. The number of nitrogens with one attached hydrogen (secondary N) is 1. The molecule has 3 aromatic heterocycles. The molecule has 0 spiro atoms. The minimum atomic E-state index is -0.0860. The average molecular weight is 491 g/mol. The van der Waals surface area contributed by atoms with E-state index in [0.717, 1.165) is 52.8 Å². The van der Waals surface area contributed by atoms with Gasteiger partial charge in [0.05, 0.1) is 16.8 Å². The molecule has 1 aliphatic rings. The van der Waals surface area contributed by atoms with Crippen molar-refractivity contribution >= 4 is 39.2 Å². The Bertz CT molecular complexity index is 1400. The Morgan fingerprint density at radius 3 is 2.79 bits per heavy atom. The van der Waals surface area contributed by atoms with E-state index >= 15 is 0 Å². The number of benzene rings is 1. The Hall–Kier alpha value is -2.97. The molecule has 1 aromatic carbocycles. The van der Waals surface area contributed by atoms with Crippen LogP contribution in [0.15, 0.2) is 58.6 Å². The van der Waals surface area contributed by atoms with Gasteiger partial charge in [-0.1, -0.05) is 36.0 Å². The molecule has 0 saturated heterocycles. The van der Waals surface area contributed by atoms with Crippen molar-refractivity contribution in [1.82, 2.24) is 19.9 Å². The lowest BCUT2D eigenvalue weighted by Gasteiger charge is -2.15. The first-order valence-electron chi connectivity index (χ1n) is 11.5. The van der Waals surface area contributed by atoms with Gasteiger partial charge in [-0.05, 0) is 61.9 Å². The summed E-state index contributed by atoms with van der Waals surface area (Å²) in [6.45, 7) is 2.51. The first kappa shape index (κ1) is 22.8. The van der Waals surface area contributed by atoms with E-state index in [1.807, 2.05) is 49.4 Å². The Morgan fingerprint density at radius 2 is 1.97 bits per heavy atom. The third-order valence-electron chi connectivity index (χ3n) is 6.08. The lowest BCUT2D eigenvalue weighted by Crippen LogP contribution is -2.28. The summed E-state index contributed by atoms with van der Waals surface area (Å²) in [5, 5.41) is 4.27. The van der Waals surface area contributed by atoms with Gasteiger partial charge < -0.3 is 5.32 Å². The van der Waals surface area contributed by atoms with Gasteiger partial charge in [0.2, 0.25) is 5.91 Å². The molecular weight excluding hydrogens is 464 g/mol. The van der Waals surface area contributed by atoms with E-state index in [1.54, 1.807) is 22.1 Å².